The van der Waals surface area contributed by atoms with Crippen molar-refractivity contribution in [3.63, 3.8) is 0 Å². The number of hydrogen-bond acceptors (Lipinski definition) is 7. The summed E-state index contributed by atoms with van der Waals surface area (Å²) in [6.07, 6.45) is 3.09. The zero-order valence-corrected chi connectivity index (χ0v) is 19.1. The van der Waals surface area contributed by atoms with Gasteiger partial charge in [0.25, 0.3) is 11.8 Å². The topological polar surface area (TPSA) is 143 Å². The van der Waals surface area contributed by atoms with E-state index < -0.39 is 33.8 Å². The molecule has 2 heterocycles. The molecule has 3 aromatic rings. The van der Waals surface area contributed by atoms with Crippen molar-refractivity contribution in [1.82, 2.24) is 14.6 Å². The maximum atomic E-state index is 12.7. The van der Waals surface area contributed by atoms with Crippen molar-refractivity contribution in [2.75, 3.05) is 6.54 Å². The Balaban J connectivity index is 1.37. The lowest BCUT2D eigenvalue weighted by Crippen LogP contribution is -2.41. The van der Waals surface area contributed by atoms with Gasteiger partial charge in [-0.25, -0.2) is 8.42 Å². The molecule has 1 atom stereocenters. The first-order chi connectivity index (χ1) is 16.8. The van der Waals surface area contributed by atoms with Crippen LogP contribution in [0.1, 0.15) is 33.6 Å². The first-order valence-corrected chi connectivity index (χ1v) is 12.1. The number of carbonyl (C=O) groups is 3. The summed E-state index contributed by atoms with van der Waals surface area (Å²) >= 11 is 0. The monoisotopic (exact) mass is 495 g/mol. The summed E-state index contributed by atoms with van der Waals surface area (Å²) in [5.41, 5.74) is 0.591. The van der Waals surface area contributed by atoms with Crippen molar-refractivity contribution in [3.05, 3.63) is 84.2 Å². The number of aromatic nitrogens is 1. The minimum atomic E-state index is -4.15. The number of carboxylic acid groups (broad SMARTS) is 1. The second kappa shape index (κ2) is 10.0. The molecule has 0 unspecified atom stereocenters. The van der Waals surface area contributed by atoms with Crippen LogP contribution in [-0.4, -0.2) is 53.8 Å². The fourth-order valence-electron chi connectivity index (χ4n) is 3.61. The second-order valence-electron chi connectivity index (χ2n) is 7.72. The minimum absolute atomic E-state index is 0.0289. The minimum Gasteiger partial charge on any atom is -0.480 e. The Morgan fingerprint density at radius 1 is 0.943 bits per heavy atom. The Bertz CT molecular complexity index is 1320. The average molecular weight is 496 g/mol. The van der Waals surface area contributed by atoms with Gasteiger partial charge in [-0.1, -0.05) is 12.1 Å². The molecule has 0 bridgehead atoms. The molecule has 0 fully saturated rings. The van der Waals surface area contributed by atoms with Gasteiger partial charge in [-0.05, 0) is 61.4 Å². The summed E-state index contributed by atoms with van der Waals surface area (Å²) in [6.45, 7) is -0.0289. The van der Waals surface area contributed by atoms with Gasteiger partial charge in [0, 0.05) is 18.9 Å². The Morgan fingerprint density at radius 2 is 1.51 bits per heavy atom. The van der Waals surface area contributed by atoms with Crippen molar-refractivity contribution in [3.8, 4) is 11.5 Å². The van der Waals surface area contributed by atoms with Crippen molar-refractivity contribution in [1.29, 1.82) is 0 Å². The van der Waals surface area contributed by atoms with E-state index in [1.165, 1.54) is 24.3 Å². The van der Waals surface area contributed by atoms with Crippen LogP contribution in [0.2, 0.25) is 0 Å². The Morgan fingerprint density at radius 3 is 2.09 bits per heavy atom. The van der Waals surface area contributed by atoms with Crippen molar-refractivity contribution in [2.24, 2.45) is 0 Å². The number of imide groups is 1. The van der Waals surface area contributed by atoms with E-state index >= 15 is 0 Å². The smallest absolute Gasteiger partial charge is 0.321 e. The van der Waals surface area contributed by atoms with Gasteiger partial charge in [0.15, 0.2) is 0 Å². The number of hydrogen-bond donors (Lipinski definition) is 2. The number of fused-ring (bicyclic) bond motifs is 1. The number of benzene rings is 2. The Labute approximate surface area is 201 Å². The zero-order chi connectivity index (χ0) is 25.0. The summed E-state index contributed by atoms with van der Waals surface area (Å²) in [6, 6.07) is 13.8. The van der Waals surface area contributed by atoms with Crippen molar-refractivity contribution in [2.45, 2.75) is 23.8 Å². The lowest BCUT2D eigenvalue weighted by atomic mass is 10.1. The first kappa shape index (κ1) is 24.0. The van der Waals surface area contributed by atoms with Crippen LogP contribution < -0.4 is 9.46 Å². The number of carboxylic acids is 1. The molecule has 0 saturated heterocycles. The van der Waals surface area contributed by atoms with E-state index in [1.54, 1.807) is 48.8 Å². The van der Waals surface area contributed by atoms with Gasteiger partial charge in [-0.3, -0.25) is 24.3 Å². The highest BCUT2D eigenvalue weighted by atomic mass is 32.2. The number of nitrogens with zero attached hydrogens (tertiary/aromatic N) is 2. The molecule has 0 aliphatic carbocycles. The van der Waals surface area contributed by atoms with Gasteiger partial charge in [-0.2, -0.15) is 4.72 Å². The van der Waals surface area contributed by atoms with Gasteiger partial charge in [0.2, 0.25) is 10.0 Å². The number of pyridine rings is 1. The van der Waals surface area contributed by atoms with E-state index in [0.29, 0.717) is 22.6 Å². The van der Waals surface area contributed by atoms with Gasteiger partial charge < -0.3 is 9.84 Å². The first-order valence-electron chi connectivity index (χ1n) is 10.6. The van der Waals surface area contributed by atoms with E-state index in [4.69, 9.17) is 4.74 Å². The van der Waals surface area contributed by atoms with E-state index in [-0.39, 0.29) is 24.3 Å². The molecule has 2 aromatic carbocycles. The molecule has 180 valence electrons. The number of amides is 2. The SMILES string of the molecule is O=C(O)[C@@H](CCCN1C(=O)c2ccccc2C1=O)NS(=O)(=O)c1ccc(Oc2ccncc2)cc1. The number of ether oxygens (including phenoxy) is 1. The maximum absolute atomic E-state index is 12.7. The van der Waals surface area contributed by atoms with E-state index in [2.05, 4.69) is 9.71 Å². The molecule has 2 N–H and O–H groups in total. The normalized spacial score (nSPS) is 14.0. The molecule has 2 amide bonds. The van der Waals surface area contributed by atoms with E-state index in [0.717, 1.165) is 4.90 Å². The maximum Gasteiger partial charge on any atom is 0.321 e. The third-order valence-electron chi connectivity index (χ3n) is 5.37. The van der Waals surface area contributed by atoms with Gasteiger partial charge in [-0.15, -0.1) is 0 Å². The molecule has 0 saturated carbocycles. The lowest BCUT2D eigenvalue weighted by Gasteiger charge is -2.17. The van der Waals surface area contributed by atoms with Crippen molar-refractivity contribution >= 4 is 27.8 Å². The molecule has 1 aliphatic rings. The summed E-state index contributed by atoms with van der Waals surface area (Å²) in [7, 11) is -4.15. The summed E-state index contributed by atoms with van der Waals surface area (Å²) in [4.78, 5) is 41.4. The van der Waals surface area contributed by atoms with Crippen LogP contribution in [0.15, 0.2) is 78.0 Å². The van der Waals surface area contributed by atoms with Crippen LogP contribution in [0.25, 0.3) is 0 Å². The molecule has 10 nitrogen and oxygen atoms in total. The molecule has 0 spiro atoms. The molecule has 0 radical (unpaired) electrons. The Kier molecular flexibility index (Phi) is 6.90. The van der Waals surface area contributed by atoms with E-state index in [1.807, 2.05) is 0 Å². The number of aliphatic carboxylic acids is 1. The molecule has 1 aliphatic heterocycles. The third kappa shape index (κ3) is 5.36. The second-order valence-corrected chi connectivity index (χ2v) is 9.43. The highest BCUT2D eigenvalue weighted by Gasteiger charge is 2.35. The summed E-state index contributed by atoms with van der Waals surface area (Å²) in [5, 5.41) is 9.53. The highest BCUT2D eigenvalue weighted by molar-refractivity contribution is 7.89. The van der Waals surface area contributed by atoms with Crippen LogP contribution in [0, 0.1) is 0 Å². The molecule has 4 rings (SSSR count). The summed E-state index contributed by atoms with van der Waals surface area (Å²) in [5.74, 6) is -1.35. The van der Waals surface area contributed by atoms with Gasteiger partial charge in [0.05, 0.1) is 16.0 Å². The average Bonchev–Trinajstić information content (AvgIpc) is 3.09. The van der Waals surface area contributed by atoms with Crippen molar-refractivity contribution < 1.29 is 32.6 Å². The molecule has 35 heavy (non-hydrogen) atoms. The van der Waals surface area contributed by atoms with Crippen LogP contribution in [0.3, 0.4) is 0 Å². The van der Waals surface area contributed by atoms with Crippen LogP contribution >= 0.6 is 0 Å². The third-order valence-corrected chi connectivity index (χ3v) is 6.86. The molecule has 11 heteroatoms. The van der Waals surface area contributed by atoms with E-state index in [9.17, 15) is 27.9 Å². The van der Waals surface area contributed by atoms with Crippen LogP contribution in [0.5, 0.6) is 11.5 Å². The number of carbonyl (C=O) groups excluding carboxylic acids is 2. The molecular formula is C24H21N3O7S. The predicted octanol–water partition coefficient (Wildman–Crippen LogP) is 2.68. The lowest BCUT2D eigenvalue weighted by molar-refractivity contribution is -0.139. The Hall–Kier alpha value is -4.09. The standard InChI is InChI=1S/C24H21N3O7S/c28-22-19-4-1-2-5-20(19)23(29)27(22)15-3-6-21(24(30)31)26-35(32,33)18-9-7-16(8-10-18)34-17-11-13-25-14-12-17/h1-2,4-5,7-14,21,26H,3,6,15H2,(H,30,31)/t21-/m1/s1. The van der Waals surface area contributed by atoms with Crippen LogP contribution in [-0.2, 0) is 14.8 Å². The highest BCUT2D eigenvalue weighted by Crippen LogP contribution is 2.24. The quantitative estimate of drug-likeness (QED) is 0.409. The predicted molar refractivity (Wildman–Crippen MR) is 124 cm³/mol. The summed E-state index contributed by atoms with van der Waals surface area (Å²) < 4.78 is 33.3. The van der Waals surface area contributed by atoms with Gasteiger partial charge in [0.1, 0.15) is 17.5 Å². The number of nitrogens with one attached hydrogen (secondary N) is 1. The molecule has 1 aromatic heterocycles. The van der Waals surface area contributed by atoms with Gasteiger partial charge >= 0.3 is 5.97 Å². The van der Waals surface area contributed by atoms with Crippen LogP contribution in [0.4, 0.5) is 0 Å². The zero-order valence-electron chi connectivity index (χ0n) is 18.3. The largest absolute Gasteiger partial charge is 0.480 e. The number of sulfonamides is 1. The fraction of sp³-hybridized carbons (Fsp3) is 0.167. The number of rotatable bonds is 10. The fourth-order valence-corrected chi connectivity index (χ4v) is 4.84. The molecular weight excluding hydrogens is 474 g/mol.